The van der Waals surface area contributed by atoms with Crippen molar-refractivity contribution < 1.29 is 13.9 Å². The molecular formula is C19H21N3O3. The summed E-state index contributed by atoms with van der Waals surface area (Å²) >= 11 is 0. The number of oxazole rings is 1. The molecule has 0 amide bonds. The maximum Gasteiger partial charge on any atom is 0.317 e. The number of ether oxygens (including phenoxy) is 1. The van der Waals surface area contributed by atoms with Crippen molar-refractivity contribution in [2.45, 2.75) is 38.7 Å². The van der Waals surface area contributed by atoms with Crippen LogP contribution in [0.3, 0.4) is 0 Å². The molecule has 0 saturated carbocycles. The standard InChI is InChI=1S/C19H21N3O3/c1-19(2,3)25-17(23)15(11-14-7-5-4-6-8-14)16-12-21-18(24-16)22-10-9-20-13-22/h4-10,12-13,15H,11H2,1-3H3/t15-/m0/s1. The van der Waals surface area contributed by atoms with Crippen molar-refractivity contribution in [2.75, 3.05) is 0 Å². The molecule has 3 rings (SSSR count). The second kappa shape index (κ2) is 6.93. The average Bonchev–Trinajstić information content (AvgIpc) is 3.23. The van der Waals surface area contributed by atoms with E-state index < -0.39 is 11.5 Å². The molecule has 1 aromatic carbocycles. The van der Waals surface area contributed by atoms with Crippen LogP contribution in [0, 0.1) is 0 Å². The molecule has 0 aliphatic carbocycles. The summed E-state index contributed by atoms with van der Waals surface area (Å²) in [5, 5.41) is 0. The lowest BCUT2D eigenvalue weighted by Crippen LogP contribution is -2.28. The number of hydrogen-bond acceptors (Lipinski definition) is 5. The first-order valence-electron chi connectivity index (χ1n) is 8.13. The van der Waals surface area contributed by atoms with Gasteiger partial charge in [0.15, 0.2) is 0 Å². The predicted molar refractivity (Wildman–Crippen MR) is 92.4 cm³/mol. The van der Waals surface area contributed by atoms with Gasteiger partial charge in [-0.25, -0.2) is 9.97 Å². The lowest BCUT2D eigenvalue weighted by Gasteiger charge is -2.23. The molecule has 130 valence electrons. The number of benzene rings is 1. The van der Waals surface area contributed by atoms with E-state index in [4.69, 9.17) is 9.15 Å². The second-order valence-electron chi connectivity index (χ2n) is 6.79. The van der Waals surface area contributed by atoms with Gasteiger partial charge in [-0.15, -0.1) is 0 Å². The molecule has 6 heteroatoms. The van der Waals surface area contributed by atoms with E-state index in [1.165, 1.54) is 0 Å². The number of hydrogen-bond donors (Lipinski definition) is 0. The van der Waals surface area contributed by atoms with Crippen LogP contribution in [-0.2, 0) is 16.0 Å². The van der Waals surface area contributed by atoms with Crippen LogP contribution in [0.4, 0.5) is 0 Å². The molecule has 0 N–H and O–H groups in total. The number of carbonyl (C=O) groups excluding carboxylic acids is 1. The molecule has 2 aromatic heterocycles. The van der Waals surface area contributed by atoms with E-state index in [0.717, 1.165) is 5.56 Å². The summed E-state index contributed by atoms with van der Waals surface area (Å²) in [5.74, 6) is -0.419. The van der Waals surface area contributed by atoms with Gasteiger partial charge in [-0.05, 0) is 32.8 Å². The fourth-order valence-corrected chi connectivity index (χ4v) is 2.45. The second-order valence-corrected chi connectivity index (χ2v) is 6.79. The highest BCUT2D eigenvalue weighted by Gasteiger charge is 2.30. The topological polar surface area (TPSA) is 70.2 Å². The molecule has 0 saturated heterocycles. The van der Waals surface area contributed by atoms with E-state index >= 15 is 0 Å². The third-order valence-electron chi connectivity index (χ3n) is 3.55. The van der Waals surface area contributed by atoms with Gasteiger partial charge < -0.3 is 9.15 Å². The minimum absolute atomic E-state index is 0.329. The van der Waals surface area contributed by atoms with Crippen molar-refractivity contribution >= 4 is 5.97 Å². The molecular weight excluding hydrogens is 318 g/mol. The van der Waals surface area contributed by atoms with Crippen LogP contribution in [0.1, 0.15) is 38.0 Å². The van der Waals surface area contributed by atoms with Gasteiger partial charge in [0.25, 0.3) is 0 Å². The van der Waals surface area contributed by atoms with Gasteiger partial charge in [0.05, 0.1) is 6.20 Å². The molecule has 0 fully saturated rings. The number of carbonyl (C=O) groups is 1. The monoisotopic (exact) mass is 339 g/mol. The predicted octanol–water partition coefficient (Wildman–Crippen LogP) is 3.53. The Kier molecular flexibility index (Phi) is 4.70. The van der Waals surface area contributed by atoms with Crippen molar-refractivity contribution in [1.29, 1.82) is 0 Å². The Hall–Kier alpha value is -2.89. The molecule has 25 heavy (non-hydrogen) atoms. The van der Waals surface area contributed by atoms with Gasteiger partial charge in [0.1, 0.15) is 23.6 Å². The Morgan fingerprint density at radius 1 is 1.28 bits per heavy atom. The lowest BCUT2D eigenvalue weighted by molar-refractivity contribution is -0.157. The van der Waals surface area contributed by atoms with Crippen LogP contribution in [0.5, 0.6) is 0 Å². The molecule has 3 aromatic rings. The molecule has 1 atom stereocenters. The summed E-state index contributed by atoms with van der Waals surface area (Å²) in [7, 11) is 0. The van der Waals surface area contributed by atoms with Crippen LogP contribution in [0.2, 0.25) is 0 Å². The number of aromatic nitrogens is 3. The molecule has 6 nitrogen and oxygen atoms in total. The molecule has 2 heterocycles. The summed E-state index contributed by atoms with van der Waals surface area (Å²) in [4.78, 5) is 21.0. The van der Waals surface area contributed by atoms with Crippen molar-refractivity contribution in [3.63, 3.8) is 0 Å². The highest BCUT2D eigenvalue weighted by atomic mass is 16.6. The third-order valence-corrected chi connectivity index (χ3v) is 3.55. The highest BCUT2D eigenvalue weighted by molar-refractivity contribution is 5.78. The maximum atomic E-state index is 12.7. The summed E-state index contributed by atoms with van der Waals surface area (Å²) in [5.41, 5.74) is 0.457. The number of nitrogens with zero attached hydrogens (tertiary/aromatic N) is 3. The number of esters is 1. The van der Waals surface area contributed by atoms with Crippen molar-refractivity contribution in [1.82, 2.24) is 14.5 Å². The molecule has 0 spiro atoms. The first-order chi connectivity index (χ1) is 11.9. The van der Waals surface area contributed by atoms with Crippen LogP contribution in [0.25, 0.3) is 6.01 Å². The Morgan fingerprint density at radius 3 is 2.68 bits per heavy atom. The number of rotatable bonds is 5. The molecule has 0 radical (unpaired) electrons. The van der Waals surface area contributed by atoms with Gasteiger partial charge in [-0.2, -0.15) is 0 Å². The summed E-state index contributed by atoms with van der Waals surface area (Å²) in [6.45, 7) is 5.55. The summed E-state index contributed by atoms with van der Waals surface area (Å²) < 4.78 is 13.0. The summed E-state index contributed by atoms with van der Waals surface area (Å²) in [6, 6.07) is 10.2. The fourth-order valence-electron chi connectivity index (χ4n) is 2.45. The van der Waals surface area contributed by atoms with E-state index in [2.05, 4.69) is 9.97 Å². The largest absolute Gasteiger partial charge is 0.459 e. The van der Waals surface area contributed by atoms with Gasteiger partial charge >= 0.3 is 12.0 Å². The zero-order valence-corrected chi connectivity index (χ0v) is 14.5. The smallest absolute Gasteiger partial charge is 0.317 e. The minimum atomic E-state index is -0.570. The Bertz CT molecular complexity index is 817. The first kappa shape index (κ1) is 17.0. The summed E-state index contributed by atoms with van der Waals surface area (Å²) in [6.07, 6.45) is 7.02. The SMILES string of the molecule is CC(C)(C)OC(=O)[C@@H](Cc1ccccc1)c1cnc(-n2ccnc2)o1. The normalized spacial score (nSPS) is 12.8. The van der Waals surface area contributed by atoms with E-state index in [1.807, 2.05) is 51.1 Å². The maximum absolute atomic E-state index is 12.7. The van der Waals surface area contributed by atoms with E-state index in [1.54, 1.807) is 29.5 Å². The van der Waals surface area contributed by atoms with Crippen molar-refractivity contribution in [3.8, 4) is 6.01 Å². The zero-order chi connectivity index (χ0) is 17.9. The Morgan fingerprint density at radius 2 is 2.04 bits per heavy atom. The Labute approximate surface area is 146 Å². The highest BCUT2D eigenvalue weighted by Crippen LogP contribution is 2.26. The molecule has 0 aliphatic heterocycles. The quantitative estimate of drug-likeness (QED) is 0.665. The van der Waals surface area contributed by atoms with Gasteiger partial charge in [0.2, 0.25) is 0 Å². The van der Waals surface area contributed by atoms with E-state index in [9.17, 15) is 4.79 Å². The minimum Gasteiger partial charge on any atom is -0.459 e. The first-order valence-corrected chi connectivity index (χ1v) is 8.13. The lowest BCUT2D eigenvalue weighted by atomic mass is 9.97. The molecule has 0 unspecified atom stereocenters. The van der Waals surface area contributed by atoms with E-state index in [-0.39, 0.29) is 5.97 Å². The van der Waals surface area contributed by atoms with Crippen LogP contribution in [-0.4, -0.2) is 26.1 Å². The van der Waals surface area contributed by atoms with Crippen LogP contribution in [0.15, 0.2) is 59.7 Å². The fraction of sp³-hybridized carbons (Fsp3) is 0.316. The number of imidazole rings is 1. The van der Waals surface area contributed by atoms with Gasteiger partial charge in [-0.3, -0.25) is 9.36 Å². The van der Waals surface area contributed by atoms with Gasteiger partial charge in [-0.1, -0.05) is 30.3 Å². The van der Waals surface area contributed by atoms with Crippen molar-refractivity contribution in [2.24, 2.45) is 0 Å². The van der Waals surface area contributed by atoms with Crippen molar-refractivity contribution in [3.05, 3.63) is 66.6 Å². The molecule has 0 bridgehead atoms. The third kappa shape index (κ3) is 4.35. The van der Waals surface area contributed by atoms with Crippen LogP contribution >= 0.6 is 0 Å². The van der Waals surface area contributed by atoms with E-state index in [0.29, 0.717) is 18.2 Å². The Balaban J connectivity index is 1.89. The zero-order valence-electron chi connectivity index (χ0n) is 14.5. The molecule has 0 aliphatic rings. The average molecular weight is 339 g/mol. The van der Waals surface area contributed by atoms with Crippen LogP contribution < -0.4 is 0 Å². The van der Waals surface area contributed by atoms with Gasteiger partial charge in [0, 0.05) is 12.4 Å².